The Kier molecular flexibility index (Phi) is 21.0. The van der Waals surface area contributed by atoms with Crippen molar-refractivity contribution in [1.29, 1.82) is 0 Å². The number of amides is 7. The van der Waals surface area contributed by atoms with Crippen LogP contribution >= 0.6 is 0 Å². The summed E-state index contributed by atoms with van der Waals surface area (Å²) < 4.78 is 22.6. The van der Waals surface area contributed by atoms with Crippen molar-refractivity contribution in [3.05, 3.63) is 12.3 Å². The summed E-state index contributed by atoms with van der Waals surface area (Å²) in [6.07, 6.45) is -4.49. The lowest BCUT2D eigenvalue weighted by molar-refractivity contribution is -0.197. The summed E-state index contributed by atoms with van der Waals surface area (Å²) in [4.78, 5) is 202. The third kappa shape index (κ3) is 17.9. The van der Waals surface area contributed by atoms with Gasteiger partial charge in [0, 0.05) is 70.6 Å². The van der Waals surface area contributed by atoms with Gasteiger partial charge in [-0.1, -0.05) is 6.58 Å². The number of ketones is 4. The minimum absolute atomic E-state index is 0.0910. The van der Waals surface area contributed by atoms with Crippen LogP contribution in [0.4, 0.5) is 0 Å². The van der Waals surface area contributed by atoms with E-state index in [1.165, 1.54) is 0 Å². The van der Waals surface area contributed by atoms with E-state index in [2.05, 4.69) is 6.58 Å². The molecule has 0 unspecified atom stereocenters. The monoisotopic (exact) mass is 978 g/mol. The highest BCUT2D eigenvalue weighted by Gasteiger charge is 2.37. The van der Waals surface area contributed by atoms with Crippen LogP contribution in [0.3, 0.4) is 0 Å². The average molecular weight is 979 g/mol. The summed E-state index contributed by atoms with van der Waals surface area (Å²) in [6.45, 7) is -1.21. The molecule has 27 nitrogen and oxygen atoms in total. The van der Waals surface area contributed by atoms with E-state index >= 15 is 0 Å². The SMILES string of the molecule is C=C1CCC(=O)N1OC(=O)CCC(=O)COCC(COCC(=O)CCC(=O)ON1C(=O)CCC1=O)(COCC(=O)CCC(=O)ON1C(=O)CCC1=O)COCC(=O)CCC(=O)ON1C(=O)CCC1=O. The summed E-state index contributed by atoms with van der Waals surface area (Å²) in [5.41, 5.74) is -1.34. The molecule has 4 saturated heterocycles. The maximum atomic E-state index is 12.8. The van der Waals surface area contributed by atoms with Crippen LogP contribution in [0.15, 0.2) is 12.3 Å². The number of nitrogens with zero attached hydrogens (tertiary/aromatic N) is 4. The van der Waals surface area contributed by atoms with E-state index in [1.54, 1.807) is 0 Å². The van der Waals surface area contributed by atoms with Gasteiger partial charge in [-0.05, 0) is 6.42 Å². The Balaban J connectivity index is 1.39. The Morgan fingerprint density at radius 3 is 0.797 bits per heavy atom. The third-order valence-electron chi connectivity index (χ3n) is 10.0. The van der Waals surface area contributed by atoms with Gasteiger partial charge >= 0.3 is 23.9 Å². The van der Waals surface area contributed by atoms with Gasteiger partial charge < -0.3 is 38.3 Å². The van der Waals surface area contributed by atoms with Crippen molar-refractivity contribution in [3.8, 4) is 0 Å². The van der Waals surface area contributed by atoms with E-state index in [-0.39, 0.29) is 57.1 Å². The minimum Gasteiger partial charge on any atom is -0.373 e. The molecule has 4 heterocycles. The number of ether oxygens (including phenoxy) is 4. The highest BCUT2D eigenvalue weighted by atomic mass is 16.7. The molecule has 4 rings (SSSR count). The third-order valence-corrected chi connectivity index (χ3v) is 10.0. The van der Waals surface area contributed by atoms with E-state index in [9.17, 15) is 71.9 Å². The number of allylic oxidation sites excluding steroid dienone is 1. The van der Waals surface area contributed by atoms with Crippen LogP contribution in [0.25, 0.3) is 0 Å². The highest BCUT2D eigenvalue weighted by molar-refractivity contribution is 6.03. The van der Waals surface area contributed by atoms with Gasteiger partial charge in [0.2, 0.25) is 0 Å². The Hall–Kier alpha value is -6.97. The predicted molar refractivity (Wildman–Crippen MR) is 216 cm³/mol. The first-order chi connectivity index (χ1) is 32.7. The number of hydroxylamine groups is 8. The van der Waals surface area contributed by atoms with Crippen LogP contribution in [-0.4, -0.2) is 161 Å². The first-order valence-electron chi connectivity index (χ1n) is 21.5. The quantitative estimate of drug-likeness (QED) is 0.0718. The molecule has 0 radical (unpaired) electrons. The Morgan fingerprint density at radius 1 is 0.348 bits per heavy atom. The van der Waals surface area contributed by atoms with Gasteiger partial charge in [-0.2, -0.15) is 0 Å². The summed E-state index contributed by atoms with van der Waals surface area (Å²) >= 11 is 0. The molecule has 7 amide bonds. The molecule has 0 N–H and O–H groups in total. The van der Waals surface area contributed by atoms with E-state index in [4.69, 9.17) is 38.3 Å². The van der Waals surface area contributed by atoms with Crippen LogP contribution in [-0.2, 0) is 110 Å². The zero-order valence-electron chi connectivity index (χ0n) is 37.4. The van der Waals surface area contributed by atoms with Crippen molar-refractivity contribution >= 4 is 88.4 Å². The van der Waals surface area contributed by atoms with Gasteiger partial charge in [0.1, 0.15) is 26.4 Å². The van der Waals surface area contributed by atoms with Crippen LogP contribution in [0.1, 0.15) is 103 Å². The van der Waals surface area contributed by atoms with Crippen LogP contribution < -0.4 is 0 Å². The molecule has 0 aliphatic carbocycles. The number of Topliss-reactive ketones (excluding diaryl/α,β-unsaturated/α-hetero) is 4. The second-order valence-electron chi connectivity index (χ2n) is 16.0. The largest absolute Gasteiger partial charge is 0.373 e. The number of imide groups is 3. The molecule has 0 aromatic carbocycles. The number of rotatable bonds is 32. The molecule has 0 aromatic heterocycles. The van der Waals surface area contributed by atoms with Gasteiger partial charge in [-0.3, -0.25) is 52.7 Å². The molecule has 0 spiro atoms. The van der Waals surface area contributed by atoms with Crippen molar-refractivity contribution < 1.29 is 110 Å². The number of carbonyl (C=O) groups excluding carboxylic acids is 15. The minimum atomic E-state index is -1.60. The van der Waals surface area contributed by atoms with Crippen molar-refractivity contribution in [2.24, 2.45) is 5.41 Å². The summed E-state index contributed by atoms with van der Waals surface area (Å²) in [5.74, 6) is -11.6. The average Bonchev–Trinajstić information content (AvgIpc) is 4.01. The first kappa shape index (κ1) is 54.6. The zero-order valence-corrected chi connectivity index (χ0v) is 37.4. The number of hydrogen-bond acceptors (Lipinski definition) is 23. The molecule has 4 aliphatic heterocycles. The molecule has 4 fully saturated rings. The number of carbonyl (C=O) groups is 15. The summed E-state index contributed by atoms with van der Waals surface area (Å²) in [6, 6.07) is 0. The fourth-order valence-electron chi connectivity index (χ4n) is 6.34. The van der Waals surface area contributed by atoms with Gasteiger partial charge in [-0.25, -0.2) is 19.2 Å². The second kappa shape index (κ2) is 26.5. The molecule has 27 heteroatoms. The molecule has 0 saturated carbocycles. The molecule has 69 heavy (non-hydrogen) atoms. The Bertz CT molecular complexity index is 1760. The molecule has 0 bridgehead atoms. The smallest absolute Gasteiger partial charge is 0.333 e. The Labute approximate surface area is 391 Å². The molecule has 0 aromatic rings. The van der Waals surface area contributed by atoms with Gasteiger partial charge in [-0.15, -0.1) is 20.3 Å². The van der Waals surface area contributed by atoms with Crippen LogP contribution in [0, 0.1) is 5.41 Å². The molecule has 4 aliphatic rings. The summed E-state index contributed by atoms with van der Waals surface area (Å²) in [5, 5.41) is 1.68. The lowest BCUT2D eigenvalue weighted by Crippen LogP contribution is -2.43. The number of hydrogen-bond donors (Lipinski definition) is 0. The normalized spacial score (nSPS) is 16.2. The Morgan fingerprint density at radius 2 is 0.565 bits per heavy atom. The molecule has 376 valence electrons. The maximum absolute atomic E-state index is 12.8. The van der Waals surface area contributed by atoms with E-state index in [0.29, 0.717) is 15.2 Å². The van der Waals surface area contributed by atoms with Crippen LogP contribution in [0.2, 0.25) is 0 Å². The van der Waals surface area contributed by atoms with E-state index in [0.717, 1.165) is 5.06 Å². The second-order valence-corrected chi connectivity index (χ2v) is 16.0. The van der Waals surface area contributed by atoms with Gasteiger partial charge in [0.05, 0.1) is 63.2 Å². The van der Waals surface area contributed by atoms with Gasteiger partial charge in [0.15, 0.2) is 23.1 Å². The van der Waals surface area contributed by atoms with Crippen molar-refractivity contribution in [3.63, 3.8) is 0 Å². The first-order valence-corrected chi connectivity index (χ1v) is 21.5. The molecule has 0 atom stereocenters. The lowest BCUT2D eigenvalue weighted by atomic mass is 9.92. The predicted octanol–water partition coefficient (Wildman–Crippen LogP) is -1.15. The highest BCUT2D eigenvalue weighted by Crippen LogP contribution is 2.24. The van der Waals surface area contributed by atoms with E-state index in [1.807, 2.05) is 0 Å². The van der Waals surface area contributed by atoms with Crippen molar-refractivity contribution in [2.75, 3.05) is 52.9 Å². The topological polar surface area (TPSA) is 343 Å². The standard InChI is InChI=1S/C42H50N4O23/c1-26-2-7-31(51)43(26)66-38(58)14-3-27(47)18-62-22-42(23-63-19-28(48)4-15-39(59)67-44-32(52)8-9-33(44)53,24-64-20-29(49)5-16-40(60)68-45-34(54)10-11-35(45)55)25-65-21-30(50)6-17-41(61)69-46-36(56)12-13-37(46)57/h1-25H2. The fourth-order valence-corrected chi connectivity index (χ4v) is 6.34. The molecular weight excluding hydrogens is 928 g/mol. The maximum Gasteiger partial charge on any atom is 0.333 e. The van der Waals surface area contributed by atoms with Crippen molar-refractivity contribution in [2.45, 2.75) is 103 Å². The van der Waals surface area contributed by atoms with Crippen molar-refractivity contribution in [1.82, 2.24) is 20.3 Å². The lowest BCUT2D eigenvalue weighted by Gasteiger charge is -2.32. The van der Waals surface area contributed by atoms with Crippen LogP contribution in [0.5, 0.6) is 0 Å². The fraction of sp³-hybridized carbons (Fsp3) is 0.595. The zero-order chi connectivity index (χ0) is 50.7. The van der Waals surface area contributed by atoms with Gasteiger partial charge in [0.25, 0.3) is 41.4 Å². The summed E-state index contributed by atoms with van der Waals surface area (Å²) in [7, 11) is 0. The van der Waals surface area contributed by atoms with E-state index < -0.39 is 198 Å². The molecular formula is C42H50N4O23.